The van der Waals surface area contributed by atoms with Crippen LogP contribution in [0.2, 0.25) is 0 Å². The van der Waals surface area contributed by atoms with Crippen molar-refractivity contribution < 1.29 is 9.53 Å². The summed E-state index contributed by atoms with van der Waals surface area (Å²) < 4.78 is 5.33. The molecule has 0 spiro atoms. The van der Waals surface area contributed by atoms with E-state index in [1.54, 1.807) is 0 Å². The summed E-state index contributed by atoms with van der Waals surface area (Å²) in [6.45, 7) is 9.95. The van der Waals surface area contributed by atoms with Crippen LogP contribution in [0.15, 0.2) is 0 Å². The Labute approximate surface area is 106 Å². The molecule has 1 aliphatic carbocycles. The third kappa shape index (κ3) is 6.67. The zero-order valence-corrected chi connectivity index (χ0v) is 11.8. The predicted octanol–water partition coefficient (Wildman–Crippen LogP) is 2.98. The lowest BCUT2D eigenvalue weighted by Crippen LogP contribution is -2.32. The average Bonchev–Trinajstić information content (AvgIpc) is 2.99. The van der Waals surface area contributed by atoms with Crippen LogP contribution in [-0.4, -0.2) is 35.6 Å². The van der Waals surface area contributed by atoms with E-state index in [4.69, 9.17) is 4.74 Å². The van der Waals surface area contributed by atoms with Crippen LogP contribution in [0.5, 0.6) is 0 Å². The quantitative estimate of drug-likeness (QED) is 0.642. The zero-order chi connectivity index (χ0) is 12.9. The minimum atomic E-state index is -0.356. The van der Waals surface area contributed by atoms with Gasteiger partial charge in [-0.3, -0.25) is 9.69 Å². The highest BCUT2D eigenvalue weighted by Crippen LogP contribution is 2.27. The minimum Gasteiger partial charge on any atom is -0.460 e. The van der Waals surface area contributed by atoms with E-state index >= 15 is 0 Å². The van der Waals surface area contributed by atoms with Crippen LogP contribution in [0, 0.1) is 0 Å². The molecule has 0 unspecified atom stereocenters. The van der Waals surface area contributed by atoms with E-state index in [2.05, 4.69) is 11.8 Å². The Morgan fingerprint density at radius 3 is 2.41 bits per heavy atom. The van der Waals surface area contributed by atoms with Gasteiger partial charge >= 0.3 is 5.97 Å². The van der Waals surface area contributed by atoms with E-state index < -0.39 is 0 Å². The summed E-state index contributed by atoms with van der Waals surface area (Å²) in [7, 11) is 0. The van der Waals surface area contributed by atoms with Gasteiger partial charge < -0.3 is 4.74 Å². The Morgan fingerprint density at radius 2 is 1.94 bits per heavy atom. The first-order valence-electron chi connectivity index (χ1n) is 6.88. The van der Waals surface area contributed by atoms with Crippen LogP contribution in [0.1, 0.15) is 59.8 Å². The monoisotopic (exact) mass is 241 g/mol. The number of hydrogen-bond donors (Lipinski definition) is 0. The Bertz CT molecular complexity index is 241. The number of carbonyl (C=O) groups excluding carboxylic acids is 1. The summed E-state index contributed by atoms with van der Waals surface area (Å²) >= 11 is 0. The highest BCUT2D eigenvalue weighted by Gasteiger charge is 2.29. The van der Waals surface area contributed by atoms with Crippen molar-refractivity contribution in [3.63, 3.8) is 0 Å². The van der Waals surface area contributed by atoms with Crippen LogP contribution < -0.4 is 0 Å². The molecule has 0 atom stereocenters. The molecule has 0 N–H and O–H groups in total. The van der Waals surface area contributed by atoms with Crippen molar-refractivity contribution in [3.05, 3.63) is 0 Å². The van der Waals surface area contributed by atoms with Gasteiger partial charge in [0.05, 0.1) is 6.42 Å². The van der Waals surface area contributed by atoms with Crippen molar-refractivity contribution in [2.24, 2.45) is 0 Å². The fourth-order valence-electron chi connectivity index (χ4n) is 1.91. The van der Waals surface area contributed by atoms with Crippen LogP contribution in [0.25, 0.3) is 0 Å². The molecule has 1 saturated carbocycles. The number of hydrogen-bond acceptors (Lipinski definition) is 3. The minimum absolute atomic E-state index is 0.0698. The molecule has 0 heterocycles. The molecule has 0 amide bonds. The van der Waals surface area contributed by atoms with Crippen LogP contribution >= 0.6 is 0 Å². The van der Waals surface area contributed by atoms with Gasteiger partial charge in [0, 0.05) is 12.6 Å². The molecule has 0 aromatic carbocycles. The first kappa shape index (κ1) is 14.5. The number of ether oxygens (including phenoxy) is 1. The normalized spacial score (nSPS) is 16.3. The molecular weight excluding hydrogens is 214 g/mol. The molecule has 17 heavy (non-hydrogen) atoms. The fraction of sp³-hybridized carbons (Fsp3) is 0.929. The second-order valence-corrected chi connectivity index (χ2v) is 5.96. The summed E-state index contributed by atoms with van der Waals surface area (Å²) in [4.78, 5) is 14.1. The Kier molecular flexibility index (Phi) is 5.44. The van der Waals surface area contributed by atoms with Crippen molar-refractivity contribution in [1.82, 2.24) is 4.90 Å². The number of rotatable bonds is 7. The van der Waals surface area contributed by atoms with Gasteiger partial charge in [-0.05, 0) is 46.6 Å². The highest BCUT2D eigenvalue weighted by atomic mass is 16.6. The molecule has 0 aromatic rings. The lowest BCUT2D eigenvalue weighted by Gasteiger charge is -2.23. The first-order chi connectivity index (χ1) is 7.92. The van der Waals surface area contributed by atoms with E-state index in [0.717, 1.165) is 19.1 Å². The van der Waals surface area contributed by atoms with Gasteiger partial charge in [0.2, 0.25) is 0 Å². The van der Waals surface area contributed by atoms with Gasteiger partial charge in [-0.25, -0.2) is 0 Å². The molecule has 100 valence electrons. The number of nitrogens with zero attached hydrogens (tertiary/aromatic N) is 1. The average molecular weight is 241 g/mol. The summed E-state index contributed by atoms with van der Waals surface area (Å²) in [5.41, 5.74) is -0.356. The number of esters is 1. The molecule has 3 heteroatoms. The molecule has 1 fully saturated rings. The smallest absolute Gasteiger partial charge is 0.307 e. The zero-order valence-electron chi connectivity index (χ0n) is 11.8. The highest BCUT2D eigenvalue weighted by molar-refractivity contribution is 5.70. The largest absolute Gasteiger partial charge is 0.460 e. The van der Waals surface area contributed by atoms with Gasteiger partial charge in [-0.1, -0.05) is 13.3 Å². The van der Waals surface area contributed by atoms with Gasteiger partial charge in [0.1, 0.15) is 5.60 Å². The number of unbranched alkanes of at least 4 members (excludes halogenated alkanes) is 1. The van der Waals surface area contributed by atoms with Gasteiger partial charge in [0.15, 0.2) is 0 Å². The molecule has 3 nitrogen and oxygen atoms in total. The summed E-state index contributed by atoms with van der Waals surface area (Å²) in [6, 6.07) is 0.740. The molecule has 0 aromatic heterocycles. The molecule has 0 saturated heterocycles. The maximum atomic E-state index is 11.6. The summed E-state index contributed by atoms with van der Waals surface area (Å²) in [5.74, 6) is -0.0698. The molecule has 0 radical (unpaired) electrons. The first-order valence-corrected chi connectivity index (χ1v) is 6.88. The van der Waals surface area contributed by atoms with E-state index in [9.17, 15) is 4.79 Å². The van der Waals surface area contributed by atoms with Crippen LogP contribution in [0.3, 0.4) is 0 Å². The van der Waals surface area contributed by atoms with Crippen molar-refractivity contribution in [2.75, 3.05) is 13.1 Å². The second-order valence-electron chi connectivity index (χ2n) is 5.96. The molecule has 0 bridgehead atoms. The third-order valence-corrected chi connectivity index (χ3v) is 2.89. The van der Waals surface area contributed by atoms with Crippen molar-refractivity contribution in [1.29, 1.82) is 0 Å². The van der Waals surface area contributed by atoms with Crippen molar-refractivity contribution in [3.8, 4) is 0 Å². The van der Waals surface area contributed by atoms with Crippen molar-refractivity contribution in [2.45, 2.75) is 71.4 Å². The molecule has 0 aliphatic heterocycles. The van der Waals surface area contributed by atoms with E-state index in [-0.39, 0.29) is 11.6 Å². The molecule has 1 aliphatic rings. The summed E-state index contributed by atoms with van der Waals surface area (Å²) in [5, 5.41) is 0. The second kappa shape index (κ2) is 6.39. The van der Waals surface area contributed by atoms with Crippen LogP contribution in [0.4, 0.5) is 0 Å². The molecule has 1 rings (SSSR count). The SMILES string of the molecule is CCCCN(CCC(=O)OC(C)(C)C)C1CC1. The van der Waals surface area contributed by atoms with Gasteiger partial charge in [-0.15, -0.1) is 0 Å². The third-order valence-electron chi connectivity index (χ3n) is 2.89. The summed E-state index contributed by atoms with van der Waals surface area (Å²) in [6.07, 6.45) is 5.58. The maximum Gasteiger partial charge on any atom is 0.307 e. The maximum absolute atomic E-state index is 11.6. The Balaban J connectivity index is 2.23. The number of carbonyl (C=O) groups is 1. The van der Waals surface area contributed by atoms with E-state index in [1.807, 2.05) is 20.8 Å². The fourth-order valence-corrected chi connectivity index (χ4v) is 1.91. The van der Waals surface area contributed by atoms with Gasteiger partial charge in [0.25, 0.3) is 0 Å². The molecular formula is C14H27NO2. The Hall–Kier alpha value is -0.570. The van der Waals surface area contributed by atoms with E-state index in [0.29, 0.717) is 6.42 Å². The predicted molar refractivity (Wildman–Crippen MR) is 70.0 cm³/mol. The van der Waals surface area contributed by atoms with Crippen molar-refractivity contribution >= 4 is 5.97 Å². The van der Waals surface area contributed by atoms with E-state index in [1.165, 1.54) is 25.7 Å². The standard InChI is InChI=1S/C14H27NO2/c1-5-6-10-15(12-7-8-12)11-9-13(16)17-14(2,3)4/h12H,5-11H2,1-4H3. The lowest BCUT2D eigenvalue weighted by atomic mass is 10.2. The Morgan fingerprint density at radius 1 is 1.29 bits per heavy atom. The lowest BCUT2D eigenvalue weighted by molar-refractivity contribution is -0.155. The van der Waals surface area contributed by atoms with Gasteiger partial charge in [-0.2, -0.15) is 0 Å². The van der Waals surface area contributed by atoms with Crippen LogP contribution in [-0.2, 0) is 9.53 Å². The topological polar surface area (TPSA) is 29.5 Å².